The van der Waals surface area contributed by atoms with Gasteiger partial charge in [-0.05, 0) is 24.1 Å². The van der Waals surface area contributed by atoms with Crippen LogP contribution in [0.5, 0.6) is 5.75 Å². The highest BCUT2D eigenvalue weighted by atomic mass is 32.1. The summed E-state index contributed by atoms with van der Waals surface area (Å²) in [6, 6.07) is 6.11. The molecule has 1 aromatic heterocycles. The quantitative estimate of drug-likeness (QED) is 0.754. The number of ether oxygens (including phenoxy) is 1. The summed E-state index contributed by atoms with van der Waals surface area (Å²) in [4.78, 5) is 9.32. The fourth-order valence-corrected chi connectivity index (χ4v) is 3.71. The molecule has 1 aromatic carbocycles. The molecule has 0 atom stereocenters. The van der Waals surface area contributed by atoms with Gasteiger partial charge in [0, 0.05) is 44.6 Å². The molecule has 8 heteroatoms. The molecule has 0 saturated carbocycles. The van der Waals surface area contributed by atoms with Crippen LogP contribution in [-0.2, 0) is 19.5 Å². The molecular weight excluding hydrogens is 363 g/mol. The Labute approximate surface area is 155 Å². The normalized spacial score (nSPS) is 16.8. The number of hydrogen-bond donors (Lipinski definition) is 0. The number of thiazole rings is 1. The van der Waals surface area contributed by atoms with Gasteiger partial charge in [-0.25, -0.2) is 4.98 Å². The van der Waals surface area contributed by atoms with Gasteiger partial charge in [-0.15, -0.1) is 24.5 Å². The van der Waals surface area contributed by atoms with E-state index in [2.05, 4.69) is 31.8 Å². The summed E-state index contributed by atoms with van der Waals surface area (Å²) in [5, 5.41) is 3.31. The molecule has 2 heterocycles. The molecule has 4 nitrogen and oxygen atoms in total. The molecule has 0 spiro atoms. The minimum Gasteiger partial charge on any atom is -0.406 e. The van der Waals surface area contributed by atoms with Gasteiger partial charge in [-0.1, -0.05) is 19.1 Å². The highest BCUT2D eigenvalue weighted by Crippen LogP contribution is 2.23. The molecule has 142 valence electrons. The first-order valence-corrected chi connectivity index (χ1v) is 9.52. The van der Waals surface area contributed by atoms with E-state index in [1.165, 1.54) is 17.1 Å². The average molecular weight is 385 g/mol. The fourth-order valence-electron chi connectivity index (χ4n) is 2.97. The number of piperazine rings is 1. The number of benzene rings is 1. The predicted molar refractivity (Wildman–Crippen MR) is 95.2 cm³/mol. The van der Waals surface area contributed by atoms with Crippen LogP contribution in [0.3, 0.4) is 0 Å². The first-order chi connectivity index (χ1) is 12.4. The molecule has 0 radical (unpaired) electrons. The van der Waals surface area contributed by atoms with Crippen molar-refractivity contribution >= 4 is 11.3 Å². The van der Waals surface area contributed by atoms with Crippen molar-refractivity contribution in [1.29, 1.82) is 0 Å². The second kappa shape index (κ2) is 8.37. The predicted octanol–water partition coefficient (Wildman–Crippen LogP) is 3.92. The van der Waals surface area contributed by atoms with Gasteiger partial charge in [0.25, 0.3) is 0 Å². The SMILES string of the molecule is CCc1nc(CN2CCN(Cc3ccc(OC(F)(F)F)cc3)CC2)cs1. The van der Waals surface area contributed by atoms with Gasteiger partial charge in [-0.2, -0.15) is 0 Å². The maximum absolute atomic E-state index is 12.2. The van der Waals surface area contributed by atoms with E-state index in [0.29, 0.717) is 0 Å². The minimum absolute atomic E-state index is 0.180. The lowest BCUT2D eigenvalue weighted by Gasteiger charge is -2.34. The lowest BCUT2D eigenvalue weighted by Crippen LogP contribution is -2.45. The number of alkyl halides is 3. The van der Waals surface area contributed by atoms with E-state index in [-0.39, 0.29) is 5.75 Å². The summed E-state index contributed by atoms with van der Waals surface area (Å²) >= 11 is 1.72. The topological polar surface area (TPSA) is 28.6 Å². The third-order valence-corrected chi connectivity index (χ3v) is 5.36. The summed E-state index contributed by atoms with van der Waals surface area (Å²) in [6.07, 6.45) is -3.67. The van der Waals surface area contributed by atoms with Crippen LogP contribution in [-0.4, -0.2) is 47.3 Å². The van der Waals surface area contributed by atoms with Crippen molar-refractivity contribution in [2.24, 2.45) is 0 Å². The van der Waals surface area contributed by atoms with E-state index >= 15 is 0 Å². The Morgan fingerprint density at radius 3 is 2.19 bits per heavy atom. The van der Waals surface area contributed by atoms with E-state index in [1.54, 1.807) is 23.5 Å². The van der Waals surface area contributed by atoms with Gasteiger partial charge in [0.2, 0.25) is 0 Å². The largest absolute Gasteiger partial charge is 0.573 e. The number of halogens is 3. The monoisotopic (exact) mass is 385 g/mol. The maximum atomic E-state index is 12.2. The maximum Gasteiger partial charge on any atom is 0.573 e. The van der Waals surface area contributed by atoms with Gasteiger partial charge < -0.3 is 4.74 Å². The Morgan fingerprint density at radius 2 is 1.65 bits per heavy atom. The second-order valence-electron chi connectivity index (χ2n) is 6.33. The molecular formula is C18H22F3N3OS. The first-order valence-electron chi connectivity index (χ1n) is 8.64. The first kappa shape index (κ1) is 19.1. The van der Waals surface area contributed by atoms with Crippen molar-refractivity contribution in [2.75, 3.05) is 26.2 Å². The zero-order chi connectivity index (χ0) is 18.6. The average Bonchev–Trinajstić information content (AvgIpc) is 3.05. The lowest BCUT2D eigenvalue weighted by molar-refractivity contribution is -0.274. The van der Waals surface area contributed by atoms with Crippen LogP contribution in [0.4, 0.5) is 13.2 Å². The Hall–Kier alpha value is -1.64. The summed E-state index contributed by atoms with van der Waals surface area (Å²) in [5.74, 6) is -0.180. The van der Waals surface area contributed by atoms with E-state index in [0.717, 1.165) is 56.9 Å². The number of aryl methyl sites for hydroxylation is 1. The Bertz CT molecular complexity index is 694. The minimum atomic E-state index is -4.65. The van der Waals surface area contributed by atoms with Crippen molar-refractivity contribution in [3.8, 4) is 5.75 Å². The van der Waals surface area contributed by atoms with Gasteiger partial charge in [0.05, 0.1) is 10.7 Å². The molecule has 0 N–H and O–H groups in total. The summed E-state index contributed by atoms with van der Waals surface area (Å²) in [5.41, 5.74) is 2.13. The van der Waals surface area contributed by atoms with E-state index in [9.17, 15) is 13.2 Å². The van der Waals surface area contributed by atoms with Crippen molar-refractivity contribution in [3.63, 3.8) is 0 Å². The fraction of sp³-hybridized carbons (Fsp3) is 0.500. The van der Waals surface area contributed by atoms with Crippen LogP contribution in [0.1, 0.15) is 23.2 Å². The van der Waals surface area contributed by atoms with Crippen LogP contribution in [0.15, 0.2) is 29.6 Å². The van der Waals surface area contributed by atoms with Crippen LogP contribution < -0.4 is 4.74 Å². The summed E-state index contributed by atoms with van der Waals surface area (Å²) in [7, 11) is 0. The molecule has 0 aliphatic carbocycles. The second-order valence-corrected chi connectivity index (χ2v) is 7.27. The lowest BCUT2D eigenvalue weighted by atomic mass is 10.2. The van der Waals surface area contributed by atoms with Crippen LogP contribution in [0.25, 0.3) is 0 Å². The molecule has 1 saturated heterocycles. The Balaban J connectivity index is 1.45. The summed E-state index contributed by atoms with van der Waals surface area (Å²) in [6.45, 7) is 7.54. The summed E-state index contributed by atoms with van der Waals surface area (Å²) < 4.78 is 40.5. The van der Waals surface area contributed by atoms with Crippen LogP contribution in [0.2, 0.25) is 0 Å². The Morgan fingerprint density at radius 1 is 1.04 bits per heavy atom. The van der Waals surface area contributed by atoms with Crippen molar-refractivity contribution in [2.45, 2.75) is 32.8 Å². The molecule has 3 rings (SSSR count). The number of rotatable bonds is 6. The van der Waals surface area contributed by atoms with E-state index in [1.807, 2.05) is 0 Å². The van der Waals surface area contributed by atoms with E-state index < -0.39 is 6.36 Å². The van der Waals surface area contributed by atoms with Crippen molar-refractivity contribution < 1.29 is 17.9 Å². The molecule has 1 aliphatic heterocycles. The van der Waals surface area contributed by atoms with Crippen LogP contribution in [0, 0.1) is 0 Å². The van der Waals surface area contributed by atoms with Crippen molar-refractivity contribution in [3.05, 3.63) is 45.9 Å². The molecule has 2 aromatic rings. The molecule has 0 unspecified atom stereocenters. The van der Waals surface area contributed by atoms with Crippen LogP contribution >= 0.6 is 11.3 Å². The third kappa shape index (κ3) is 5.69. The molecule has 0 amide bonds. The Kier molecular flexibility index (Phi) is 6.16. The number of hydrogen-bond acceptors (Lipinski definition) is 5. The highest BCUT2D eigenvalue weighted by molar-refractivity contribution is 7.09. The van der Waals surface area contributed by atoms with Gasteiger partial charge in [0.1, 0.15) is 5.75 Å². The molecule has 26 heavy (non-hydrogen) atoms. The van der Waals surface area contributed by atoms with Gasteiger partial charge in [0.15, 0.2) is 0 Å². The van der Waals surface area contributed by atoms with Crippen molar-refractivity contribution in [1.82, 2.24) is 14.8 Å². The smallest absolute Gasteiger partial charge is 0.406 e. The highest BCUT2D eigenvalue weighted by Gasteiger charge is 2.31. The number of nitrogens with zero attached hydrogens (tertiary/aromatic N) is 3. The number of aromatic nitrogens is 1. The van der Waals surface area contributed by atoms with E-state index in [4.69, 9.17) is 0 Å². The standard InChI is InChI=1S/C18H22F3N3OS/c1-2-17-22-15(13-26-17)12-24-9-7-23(8-10-24)11-14-3-5-16(6-4-14)25-18(19,20)21/h3-6,13H,2,7-12H2,1H3. The molecule has 0 bridgehead atoms. The third-order valence-electron chi connectivity index (χ3n) is 4.32. The zero-order valence-electron chi connectivity index (χ0n) is 14.6. The molecule has 1 fully saturated rings. The van der Waals surface area contributed by atoms with Gasteiger partial charge >= 0.3 is 6.36 Å². The molecule has 1 aliphatic rings. The zero-order valence-corrected chi connectivity index (χ0v) is 15.4. The van der Waals surface area contributed by atoms with Gasteiger partial charge in [-0.3, -0.25) is 9.80 Å².